The van der Waals surface area contributed by atoms with Gasteiger partial charge in [-0.15, -0.1) is 13.2 Å². The van der Waals surface area contributed by atoms with Gasteiger partial charge in [0.25, 0.3) is 11.8 Å². The van der Waals surface area contributed by atoms with Crippen molar-refractivity contribution >= 4 is 23.1 Å². The van der Waals surface area contributed by atoms with Crippen LogP contribution in [0.3, 0.4) is 0 Å². The Labute approximate surface area is 170 Å². The van der Waals surface area contributed by atoms with Gasteiger partial charge in [0.2, 0.25) is 0 Å². The Morgan fingerprint density at radius 2 is 1.60 bits per heavy atom. The first-order chi connectivity index (χ1) is 14.1. The first kappa shape index (κ1) is 21.2. The lowest BCUT2D eigenvalue weighted by Crippen LogP contribution is -2.38. The summed E-state index contributed by atoms with van der Waals surface area (Å²) in [5, 5.41) is 2.87. The van der Waals surface area contributed by atoms with Crippen molar-refractivity contribution in [2.24, 2.45) is 0 Å². The number of amides is 2. The van der Waals surface area contributed by atoms with E-state index in [0.717, 1.165) is 17.0 Å². The summed E-state index contributed by atoms with van der Waals surface area (Å²) >= 11 is 0. The Morgan fingerprint density at radius 3 is 2.17 bits per heavy atom. The molecule has 0 aromatic heterocycles. The molecule has 6 nitrogen and oxygen atoms in total. The Hall–Kier alpha value is -3.49. The van der Waals surface area contributed by atoms with E-state index in [1.165, 1.54) is 19.2 Å². The normalized spacial score (nSPS) is 14.6. The lowest BCUT2D eigenvalue weighted by Gasteiger charge is -2.19. The maximum atomic E-state index is 13.0. The highest BCUT2D eigenvalue weighted by atomic mass is 19.4. The van der Waals surface area contributed by atoms with Gasteiger partial charge in [0.05, 0.1) is 12.7 Å². The van der Waals surface area contributed by atoms with Crippen LogP contribution in [0.5, 0.6) is 11.5 Å². The average molecular weight is 420 g/mol. The molecule has 1 aliphatic rings. The summed E-state index contributed by atoms with van der Waals surface area (Å²) in [5.41, 5.74) is 0.893. The number of alkyl halides is 3. The second-order valence-electron chi connectivity index (χ2n) is 6.72. The van der Waals surface area contributed by atoms with Crippen molar-refractivity contribution in [3.63, 3.8) is 0 Å². The maximum Gasteiger partial charge on any atom is 0.573 e. The lowest BCUT2D eigenvalue weighted by atomic mass is 10.0. The number of benzene rings is 2. The molecule has 0 saturated carbocycles. The average Bonchev–Trinajstić information content (AvgIpc) is 2.92. The standard InChI is InChI=1S/C21H19F3N2O4/c1-12(2)26-19(27)17(15-6-4-5-7-16(15)29-3)18(20(26)28)25-13-8-10-14(11-9-13)30-21(22,23)24/h4-12,25H,1-3H3. The predicted molar refractivity (Wildman–Crippen MR) is 104 cm³/mol. The zero-order valence-corrected chi connectivity index (χ0v) is 16.4. The topological polar surface area (TPSA) is 67.9 Å². The molecule has 0 atom stereocenters. The largest absolute Gasteiger partial charge is 0.573 e. The fraction of sp³-hybridized carbons (Fsp3) is 0.238. The van der Waals surface area contributed by atoms with E-state index in [0.29, 0.717) is 17.0 Å². The van der Waals surface area contributed by atoms with Crippen molar-refractivity contribution in [1.82, 2.24) is 4.90 Å². The van der Waals surface area contributed by atoms with Gasteiger partial charge in [-0.25, -0.2) is 0 Å². The number of carbonyl (C=O) groups is 2. The second kappa shape index (κ2) is 8.10. The molecule has 0 unspecified atom stereocenters. The zero-order chi connectivity index (χ0) is 22.1. The van der Waals surface area contributed by atoms with Crippen LogP contribution in [-0.2, 0) is 9.59 Å². The summed E-state index contributed by atoms with van der Waals surface area (Å²) in [7, 11) is 1.45. The van der Waals surface area contributed by atoms with E-state index in [2.05, 4.69) is 10.1 Å². The van der Waals surface area contributed by atoms with E-state index in [4.69, 9.17) is 4.74 Å². The third kappa shape index (κ3) is 4.24. The number of carbonyl (C=O) groups excluding carboxylic acids is 2. The molecule has 9 heteroatoms. The smallest absolute Gasteiger partial charge is 0.496 e. The van der Waals surface area contributed by atoms with Crippen LogP contribution in [0.1, 0.15) is 19.4 Å². The number of ether oxygens (including phenoxy) is 2. The van der Waals surface area contributed by atoms with Gasteiger partial charge in [0, 0.05) is 17.3 Å². The summed E-state index contributed by atoms with van der Waals surface area (Å²) in [6.45, 7) is 3.42. The first-order valence-electron chi connectivity index (χ1n) is 9.00. The van der Waals surface area contributed by atoms with E-state index in [9.17, 15) is 22.8 Å². The monoisotopic (exact) mass is 420 g/mol. The number of hydrogen-bond acceptors (Lipinski definition) is 5. The van der Waals surface area contributed by atoms with Crippen LogP contribution in [0, 0.1) is 0 Å². The first-order valence-corrected chi connectivity index (χ1v) is 9.00. The number of rotatable bonds is 6. The number of halogens is 3. The van der Waals surface area contributed by atoms with Crippen molar-refractivity contribution < 1.29 is 32.2 Å². The number of para-hydroxylation sites is 1. The van der Waals surface area contributed by atoms with Crippen LogP contribution in [0.4, 0.5) is 18.9 Å². The van der Waals surface area contributed by atoms with Crippen molar-refractivity contribution in [2.45, 2.75) is 26.3 Å². The number of nitrogens with one attached hydrogen (secondary N) is 1. The Bertz CT molecular complexity index is 998. The predicted octanol–water partition coefficient (Wildman–Crippen LogP) is 4.19. The molecule has 0 radical (unpaired) electrons. The number of nitrogens with zero attached hydrogens (tertiary/aromatic N) is 1. The molecule has 2 aromatic carbocycles. The SMILES string of the molecule is COc1ccccc1C1=C(Nc2ccc(OC(F)(F)F)cc2)C(=O)N(C(C)C)C1=O. The van der Waals surface area contributed by atoms with Crippen molar-refractivity contribution in [1.29, 1.82) is 0 Å². The summed E-state index contributed by atoms with van der Waals surface area (Å²) in [6, 6.07) is 11.2. The molecular weight excluding hydrogens is 401 g/mol. The molecular formula is C21H19F3N2O4. The second-order valence-corrected chi connectivity index (χ2v) is 6.72. The van der Waals surface area contributed by atoms with Crippen LogP contribution in [0.2, 0.25) is 0 Å². The summed E-state index contributed by atoms with van der Waals surface area (Å²) < 4.78 is 46.2. The number of anilines is 1. The van der Waals surface area contributed by atoms with Gasteiger partial charge in [0.1, 0.15) is 17.2 Å². The third-order valence-electron chi connectivity index (χ3n) is 4.37. The molecule has 1 N–H and O–H groups in total. The fourth-order valence-corrected chi connectivity index (χ4v) is 3.12. The van der Waals surface area contributed by atoms with Crippen LogP contribution >= 0.6 is 0 Å². The van der Waals surface area contributed by atoms with Gasteiger partial charge in [-0.05, 0) is 44.2 Å². The Balaban J connectivity index is 2.02. The minimum atomic E-state index is -4.81. The molecule has 0 fully saturated rings. The molecule has 158 valence electrons. The van der Waals surface area contributed by atoms with E-state index in [1.54, 1.807) is 38.1 Å². The van der Waals surface area contributed by atoms with Gasteiger partial charge in [0.15, 0.2) is 0 Å². The van der Waals surface area contributed by atoms with E-state index >= 15 is 0 Å². The molecule has 0 bridgehead atoms. The van der Waals surface area contributed by atoms with Gasteiger partial charge < -0.3 is 14.8 Å². The van der Waals surface area contributed by atoms with Crippen LogP contribution in [0.25, 0.3) is 5.57 Å². The number of hydrogen-bond donors (Lipinski definition) is 1. The third-order valence-corrected chi connectivity index (χ3v) is 4.37. The van der Waals surface area contributed by atoms with Gasteiger partial charge >= 0.3 is 6.36 Å². The molecule has 1 heterocycles. The highest BCUT2D eigenvalue weighted by Gasteiger charge is 2.41. The van der Waals surface area contributed by atoms with Crippen LogP contribution in [-0.4, -0.2) is 36.2 Å². The summed E-state index contributed by atoms with van der Waals surface area (Å²) in [5.74, 6) is -1.01. The highest BCUT2D eigenvalue weighted by molar-refractivity contribution is 6.37. The Kier molecular flexibility index (Phi) is 5.73. The molecule has 0 aliphatic carbocycles. The van der Waals surface area contributed by atoms with E-state index < -0.39 is 30.0 Å². The van der Waals surface area contributed by atoms with Crippen molar-refractivity contribution in [2.75, 3.05) is 12.4 Å². The summed E-state index contributed by atoms with van der Waals surface area (Å²) in [4.78, 5) is 27.1. The van der Waals surface area contributed by atoms with E-state index in [-0.39, 0.29) is 11.3 Å². The minimum Gasteiger partial charge on any atom is -0.496 e. The fourth-order valence-electron chi connectivity index (χ4n) is 3.12. The number of methoxy groups -OCH3 is 1. The van der Waals surface area contributed by atoms with Crippen LogP contribution < -0.4 is 14.8 Å². The lowest BCUT2D eigenvalue weighted by molar-refractivity contribution is -0.274. The van der Waals surface area contributed by atoms with Crippen LogP contribution in [0.15, 0.2) is 54.2 Å². The van der Waals surface area contributed by atoms with Gasteiger partial charge in [-0.3, -0.25) is 14.5 Å². The van der Waals surface area contributed by atoms with Crippen molar-refractivity contribution in [3.05, 3.63) is 59.8 Å². The van der Waals surface area contributed by atoms with Gasteiger partial charge in [-0.2, -0.15) is 0 Å². The number of imide groups is 1. The van der Waals surface area contributed by atoms with E-state index in [1.807, 2.05) is 0 Å². The molecule has 0 saturated heterocycles. The molecule has 0 spiro atoms. The molecule has 1 aliphatic heterocycles. The quantitative estimate of drug-likeness (QED) is 0.710. The molecule has 2 amide bonds. The molecule has 2 aromatic rings. The Morgan fingerprint density at radius 1 is 0.967 bits per heavy atom. The van der Waals surface area contributed by atoms with Gasteiger partial charge in [-0.1, -0.05) is 18.2 Å². The maximum absolute atomic E-state index is 13.0. The highest BCUT2D eigenvalue weighted by Crippen LogP contribution is 2.36. The van der Waals surface area contributed by atoms with Crippen molar-refractivity contribution in [3.8, 4) is 11.5 Å². The molecule has 30 heavy (non-hydrogen) atoms. The summed E-state index contributed by atoms with van der Waals surface area (Å²) in [6.07, 6.45) is -4.81. The molecule has 3 rings (SSSR count). The zero-order valence-electron chi connectivity index (χ0n) is 16.4. The minimum absolute atomic E-state index is 0.0164.